The number of nitrogens with one attached hydrogen (secondary N) is 1. The topological polar surface area (TPSA) is 42.0 Å². The SMILES string of the molecule is O=C(Nc1nc2c(s1)CCCCC2)c1cccc(F)c1. The molecule has 0 unspecified atom stereocenters. The number of aromatic nitrogens is 1. The van der Waals surface area contributed by atoms with Crippen LogP contribution in [0.3, 0.4) is 0 Å². The smallest absolute Gasteiger partial charge is 0.257 e. The summed E-state index contributed by atoms with van der Waals surface area (Å²) in [5.41, 5.74) is 1.43. The van der Waals surface area contributed by atoms with E-state index in [0.717, 1.165) is 25.0 Å². The van der Waals surface area contributed by atoms with E-state index in [-0.39, 0.29) is 5.91 Å². The largest absolute Gasteiger partial charge is 0.298 e. The maximum absolute atomic E-state index is 13.1. The van der Waals surface area contributed by atoms with Crippen molar-refractivity contribution >= 4 is 22.4 Å². The Kier molecular flexibility index (Phi) is 3.78. The first-order chi connectivity index (χ1) is 9.72. The first kappa shape index (κ1) is 13.2. The van der Waals surface area contributed by atoms with Crippen LogP contribution in [0.5, 0.6) is 0 Å². The Morgan fingerprint density at radius 2 is 2.10 bits per heavy atom. The number of hydrogen-bond acceptors (Lipinski definition) is 3. The van der Waals surface area contributed by atoms with Crippen molar-refractivity contribution in [3.05, 3.63) is 46.2 Å². The number of carbonyl (C=O) groups is 1. The van der Waals surface area contributed by atoms with Crippen molar-refractivity contribution in [2.45, 2.75) is 32.1 Å². The third-order valence-electron chi connectivity index (χ3n) is 3.40. The zero-order chi connectivity index (χ0) is 13.9. The summed E-state index contributed by atoms with van der Waals surface area (Å²) in [5.74, 6) is -0.721. The van der Waals surface area contributed by atoms with Gasteiger partial charge < -0.3 is 0 Å². The lowest BCUT2D eigenvalue weighted by Gasteiger charge is -2.01. The quantitative estimate of drug-likeness (QED) is 0.855. The molecule has 1 aliphatic carbocycles. The molecule has 104 valence electrons. The summed E-state index contributed by atoms with van der Waals surface area (Å²) in [5, 5.41) is 3.38. The average Bonchev–Trinajstić information content (AvgIpc) is 2.68. The molecule has 1 N–H and O–H groups in total. The fourth-order valence-corrected chi connectivity index (χ4v) is 3.43. The molecule has 1 aliphatic rings. The van der Waals surface area contributed by atoms with Crippen LogP contribution in [0.2, 0.25) is 0 Å². The van der Waals surface area contributed by atoms with Gasteiger partial charge in [-0.1, -0.05) is 12.5 Å². The van der Waals surface area contributed by atoms with E-state index in [1.165, 1.54) is 47.3 Å². The van der Waals surface area contributed by atoms with E-state index in [2.05, 4.69) is 10.3 Å². The lowest BCUT2D eigenvalue weighted by Crippen LogP contribution is -2.11. The minimum Gasteiger partial charge on any atom is -0.298 e. The van der Waals surface area contributed by atoms with E-state index >= 15 is 0 Å². The first-order valence-electron chi connectivity index (χ1n) is 6.78. The number of aryl methyl sites for hydroxylation is 2. The Balaban J connectivity index is 1.76. The minimum atomic E-state index is -0.410. The van der Waals surface area contributed by atoms with Gasteiger partial charge in [0.2, 0.25) is 0 Å². The molecule has 0 radical (unpaired) electrons. The van der Waals surface area contributed by atoms with Crippen LogP contribution in [0.15, 0.2) is 24.3 Å². The standard InChI is InChI=1S/C15H15FN2OS/c16-11-6-4-5-10(9-11)14(19)18-15-17-12-7-2-1-3-8-13(12)20-15/h4-6,9H,1-3,7-8H2,(H,17,18,19). The lowest BCUT2D eigenvalue weighted by molar-refractivity contribution is 0.102. The van der Waals surface area contributed by atoms with E-state index in [9.17, 15) is 9.18 Å². The molecule has 0 bridgehead atoms. The van der Waals surface area contributed by atoms with Crippen molar-refractivity contribution in [3.63, 3.8) is 0 Å². The number of halogens is 1. The second-order valence-electron chi connectivity index (χ2n) is 4.91. The predicted molar refractivity (Wildman–Crippen MR) is 77.7 cm³/mol. The fraction of sp³-hybridized carbons (Fsp3) is 0.333. The molecular formula is C15H15FN2OS. The molecule has 1 aromatic heterocycles. The highest BCUT2D eigenvalue weighted by Crippen LogP contribution is 2.29. The van der Waals surface area contributed by atoms with Crippen LogP contribution in [0.25, 0.3) is 0 Å². The van der Waals surface area contributed by atoms with Gasteiger partial charge in [-0.3, -0.25) is 10.1 Å². The zero-order valence-electron chi connectivity index (χ0n) is 11.0. The summed E-state index contributed by atoms with van der Waals surface area (Å²) in [7, 11) is 0. The van der Waals surface area contributed by atoms with E-state index in [4.69, 9.17) is 0 Å². The van der Waals surface area contributed by atoms with Crippen LogP contribution >= 0.6 is 11.3 Å². The number of fused-ring (bicyclic) bond motifs is 1. The number of hydrogen-bond donors (Lipinski definition) is 1. The van der Waals surface area contributed by atoms with Crippen molar-refractivity contribution in [3.8, 4) is 0 Å². The Morgan fingerprint density at radius 3 is 2.95 bits per heavy atom. The van der Waals surface area contributed by atoms with Gasteiger partial charge in [0.25, 0.3) is 5.91 Å². The second-order valence-corrected chi connectivity index (χ2v) is 6.00. The molecular weight excluding hydrogens is 275 g/mol. The van der Waals surface area contributed by atoms with E-state index in [0.29, 0.717) is 10.7 Å². The maximum Gasteiger partial charge on any atom is 0.257 e. The summed E-state index contributed by atoms with van der Waals surface area (Å²) in [6.07, 6.45) is 5.62. The molecule has 0 saturated heterocycles. The number of rotatable bonds is 2. The van der Waals surface area contributed by atoms with Crippen LogP contribution < -0.4 is 5.32 Å². The number of nitrogens with zero attached hydrogens (tertiary/aromatic N) is 1. The van der Waals surface area contributed by atoms with E-state index in [1.54, 1.807) is 6.07 Å². The molecule has 1 amide bonds. The van der Waals surface area contributed by atoms with Gasteiger partial charge in [0.15, 0.2) is 5.13 Å². The van der Waals surface area contributed by atoms with Crippen molar-refractivity contribution in [2.75, 3.05) is 5.32 Å². The van der Waals surface area contributed by atoms with Gasteiger partial charge in [0.05, 0.1) is 5.69 Å². The molecule has 0 aliphatic heterocycles. The third-order valence-corrected chi connectivity index (χ3v) is 4.48. The van der Waals surface area contributed by atoms with Crippen molar-refractivity contribution in [1.29, 1.82) is 0 Å². The Morgan fingerprint density at radius 1 is 1.25 bits per heavy atom. The van der Waals surface area contributed by atoms with E-state index in [1.807, 2.05) is 0 Å². The van der Waals surface area contributed by atoms with Gasteiger partial charge in [0, 0.05) is 10.4 Å². The molecule has 1 heterocycles. The van der Waals surface area contributed by atoms with Crippen molar-refractivity contribution < 1.29 is 9.18 Å². The molecule has 5 heteroatoms. The van der Waals surface area contributed by atoms with Crippen LogP contribution in [0.4, 0.5) is 9.52 Å². The molecule has 0 spiro atoms. The molecule has 1 aromatic carbocycles. The highest BCUT2D eigenvalue weighted by Gasteiger charge is 2.16. The molecule has 3 rings (SSSR count). The van der Waals surface area contributed by atoms with Gasteiger partial charge in [-0.15, -0.1) is 11.3 Å². The molecule has 3 nitrogen and oxygen atoms in total. The number of amides is 1. The second kappa shape index (κ2) is 5.71. The Bertz CT molecular complexity index is 615. The van der Waals surface area contributed by atoms with Crippen LogP contribution in [-0.2, 0) is 12.8 Å². The van der Waals surface area contributed by atoms with Crippen LogP contribution in [0.1, 0.15) is 40.2 Å². The number of benzene rings is 1. The average molecular weight is 290 g/mol. The number of anilines is 1. The van der Waals surface area contributed by atoms with Gasteiger partial charge in [-0.05, 0) is 43.9 Å². The van der Waals surface area contributed by atoms with Crippen molar-refractivity contribution in [1.82, 2.24) is 4.98 Å². The monoisotopic (exact) mass is 290 g/mol. The highest BCUT2D eigenvalue weighted by molar-refractivity contribution is 7.15. The number of carbonyl (C=O) groups excluding carboxylic acids is 1. The first-order valence-corrected chi connectivity index (χ1v) is 7.59. The Hall–Kier alpha value is -1.75. The molecule has 0 saturated carbocycles. The summed E-state index contributed by atoms with van der Waals surface area (Å²) >= 11 is 1.54. The molecule has 20 heavy (non-hydrogen) atoms. The van der Waals surface area contributed by atoms with Gasteiger partial charge in [-0.2, -0.15) is 0 Å². The highest BCUT2D eigenvalue weighted by atomic mass is 32.1. The lowest BCUT2D eigenvalue weighted by atomic mass is 10.2. The summed E-state index contributed by atoms with van der Waals surface area (Å²) in [6, 6.07) is 5.68. The summed E-state index contributed by atoms with van der Waals surface area (Å²) in [6.45, 7) is 0. The molecule has 0 atom stereocenters. The Labute approximate surface area is 120 Å². The maximum atomic E-state index is 13.1. The molecule has 2 aromatic rings. The van der Waals surface area contributed by atoms with E-state index < -0.39 is 5.82 Å². The van der Waals surface area contributed by atoms with Crippen molar-refractivity contribution in [2.24, 2.45) is 0 Å². The zero-order valence-corrected chi connectivity index (χ0v) is 11.8. The summed E-state index contributed by atoms with van der Waals surface area (Å²) < 4.78 is 13.1. The predicted octanol–water partition coefficient (Wildman–Crippen LogP) is 3.80. The van der Waals surface area contributed by atoms with Gasteiger partial charge >= 0.3 is 0 Å². The summed E-state index contributed by atoms with van der Waals surface area (Å²) in [4.78, 5) is 17.8. The van der Waals surface area contributed by atoms with Crippen LogP contribution in [0, 0.1) is 5.82 Å². The minimum absolute atomic E-state index is 0.312. The third kappa shape index (κ3) is 2.88. The molecule has 0 fully saturated rings. The fourth-order valence-electron chi connectivity index (χ4n) is 2.38. The van der Waals surface area contributed by atoms with Gasteiger partial charge in [-0.25, -0.2) is 9.37 Å². The number of thiazole rings is 1. The van der Waals surface area contributed by atoms with Gasteiger partial charge in [0.1, 0.15) is 5.82 Å². The van der Waals surface area contributed by atoms with Crippen LogP contribution in [-0.4, -0.2) is 10.9 Å². The normalized spacial score (nSPS) is 14.4.